The molecule has 0 spiro atoms. The summed E-state index contributed by atoms with van der Waals surface area (Å²) in [6, 6.07) is 47.1. The third-order valence-electron chi connectivity index (χ3n) is 14.0. The molecule has 0 amide bonds. The molecule has 2 aliphatic rings. The van der Waals surface area contributed by atoms with Crippen molar-refractivity contribution in [1.29, 1.82) is 0 Å². The smallest absolute Gasteiger partial charge is 0.164 e. The van der Waals surface area contributed by atoms with Gasteiger partial charge in [0.1, 0.15) is 0 Å². The first kappa shape index (κ1) is 49.5. The third-order valence-corrected chi connectivity index (χ3v) is 14.0. The molecule has 2 radical (unpaired) electrons. The molecular weight excluding hydrogens is 888 g/mol. The Kier molecular flexibility index (Phi) is 16.6. The van der Waals surface area contributed by atoms with Crippen LogP contribution in [-0.4, -0.2) is 9.52 Å². The Morgan fingerprint density at radius 2 is 0.621 bits per heavy atom. The van der Waals surface area contributed by atoms with Gasteiger partial charge in [-0.25, -0.2) is 0 Å². The van der Waals surface area contributed by atoms with Crippen LogP contribution >= 0.6 is 0 Å². The Labute approximate surface area is 420 Å². The van der Waals surface area contributed by atoms with Crippen molar-refractivity contribution in [2.45, 2.75) is 133 Å². The molecule has 8 aromatic carbocycles. The first-order valence-electron chi connectivity index (χ1n) is 24.7. The normalized spacial score (nSPS) is 14.0. The van der Waals surface area contributed by atoms with Crippen molar-refractivity contribution < 1.29 is 26.2 Å². The minimum atomic E-state index is 0. The van der Waals surface area contributed by atoms with E-state index < -0.39 is 0 Å². The number of fused-ring (bicyclic) bond motifs is 2. The molecule has 10 rings (SSSR count). The second kappa shape index (κ2) is 22.2. The van der Waals surface area contributed by atoms with Gasteiger partial charge in [-0.1, -0.05) is 239 Å². The van der Waals surface area contributed by atoms with Crippen molar-refractivity contribution in [3.8, 4) is 44.5 Å². The average molecular weight is 961 g/mol. The summed E-state index contributed by atoms with van der Waals surface area (Å²) in [6.07, 6.45) is 13.7. The number of aryl methyl sites for hydroxylation is 8. The Hall–Kier alpha value is -4.36. The van der Waals surface area contributed by atoms with Crippen LogP contribution in [0.4, 0.5) is 0 Å². The molecule has 0 nitrogen and oxygen atoms in total. The van der Waals surface area contributed by atoms with Gasteiger partial charge in [0.2, 0.25) is 0 Å². The summed E-state index contributed by atoms with van der Waals surface area (Å²) >= 11 is 0. The molecule has 0 heterocycles. The van der Waals surface area contributed by atoms with Crippen LogP contribution < -0.4 is 0 Å². The fourth-order valence-corrected chi connectivity index (χ4v) is 11.6. The summed E-state index contributed by atoms with van der Waals surface area (Å²) in [5.74, 6) is 1.73. The largest absolute Gasteiger partial charge is 2.00 e. The molecule has 2 aliphatic carbocycles. The topological polar surface area (TPSA) is 0 Å². The standard InChI is InChI=1S/2C31H33.C2H6Si.Zr/c2*1-20-11-21(2)14-26(13-20)28-9-10-29(27-15-22(3)12-23(4)16-27)31-19-25(18-30(28)31)17-24-7-5-6-8-24;1-3-2;/h2*9-16,18-19,24H,5-8,17H2,1-4H3;1-2H3;/q2*-1;;+2. The van der Waals surface area contributed by atoms with Crippen LogP contribution in [0.25, 0.3) is 66.1 Å². The third kappa shape index (κ3) is 11.8. The van der Waals surface area contributed by atoms with E-state index in [1.807, 2.05) is 0 Å². The van der Waals surface area contributed by atoms with Gasteiger partial charge < -0.3 is 0 Å². The average Bonchev–Trinajstić information content (AvgIpc) is 4.08. The number of rotatable bonds is 8. The molecule has 0 unspecified atom stereocenters. The summed E-state index contributed by atoms with van der Waals surface area (Å²) in [6.45, 7) is 21.9. The van der Waals surface area contributed by atoms with Crippen molar-refractivity contribution in [3.63, 3.8) is 0 Å². The van der Waals surface area contributed by atoms with Gasteiger partial charge in [0.05, 0.1) is 0 Å². The molecule has 0 aliphatic heterocycles. The van der Waals surface area contributed by atoms with E-state index in [-0.39, 0.29) is 26.2 Å². The maximum absolute atomic E-state index is 2.49. The summed E-state index contributed by atoms with van der Waals surface area (Å²) in [4.78, 5) is 0. The Morgan fingerprint density at radius 1 is 0.379 bits per heavy atom. The van der Waals surface area contributed by atoms with Gasteiger partial charge in [0.15, 0.2) is 0 Å². The molecule has 0 bridgehead atoms. The van der Waals surface area contributed by atoms with Crippen LogP contribution in [0.3, 0.4) is 0 Å². The molecule has 0 atom stereocenters. The van der Waals surface area contributed by atoms with Crippen molar-refractivity contribution in [2.75, 3.05) is 0 Å². The zero-order valence-corrected chi connectivity index (χ0v) is 45.2. The molecular formula is C64H72SiZr. The minimum Gasteiger partial charge on any atom is -0.164 e. The predicted octanol–water partition coefficient (Wildman–Crippen LogP) is 18.5. The maximum atomic E-state index is 2.49. The van der Waals surface area contributed by atoms with Crippen molar-refractivity contribution >= 4 is 31.1 Å². The van der Waals surface area contributed by atoms with Crippen LogP contribution in [0.15, 0.2) is 121 Å². The van der Waals surface area contributed by atoms with Crippen molar-refractivity contribution in [3.05, 3.63) is 177 Å². The second-order valence-corrected chi connectivity index (χ2v) is 21.4. The van der Waals surface area contributed by atoms with Crippen LogP contribution in [0.2, 0.25) is 13.1 Å². The summed E-state index contributed by atoms with van der Waals surface area (Å²) < 4.78 is 0. The van der Waals surface area contributed by atoms with Gasteiger partial charge in [-0.2, -0.15) is 12.1 Å². The van der Waals surface area contributed by atoms with Crippen molar-refractivity contribution in [2.24, 2.45) is 11.8 Å². The quantitative estimate of drug-likeness (QED) is 0.105. The molecule has 2 heteroatoms. The number of benzene rings is 6. The minimum absolute atomic E-state index is 0. The predicted molar refractivity (Wildman–Crippen MR) is 288 cm³/mol. The summed E-state index contributed by atoms with van der Waals surface area (Å²) in [5, 5.41) is 5.65. The van der Waals surface area contributed by atoms with Gasteiger partial charge in [-0.05, 0) is 91.2 Å². The molecule has 2 saturated carbocycles. The number of hydrogen-bond donors (Lipinski definition) is 0. The van der Waals surface area contributed by atoms with E-state index in [0.717, 1.165) is 21.4 Å². The van der Waals surface area contributed by atoms with E-state index in [4.69, 9.17) is 0 Å². The van der Waals surface area contributed by atoms with Crippen LogP contribution in [0, 0.1) is 67.2 Å². The van der Waals surface area contributed by atoms with E-state index in [1.54, 1.807) is 0 Å². The molecule has 66 heavy (non-hydrogen) atoms. The first-order valence-corrected chi connectivity index (χ1v) is 26.7. The fraction of sp³-hybridized carbons (Fsp3) is 0.344. The van der Waals surface area contributed by atoms with E-state index in [2.05, 4.69) is 190 Å². The second-order valence-electron chi connectivity index (χ2n) is 20.4. The molecule has 336 valence electrons. The maximum Gasteiger partial charge on any atom is 2.00 e. The van der Waals surface area contributed by atoms with Crippen LogP contribution in [0.5, 0.6) is 0 Å². The monoisotopic (exact) mass is 958 g/mol. The zero-order chi connectivity index (χ0) is 45.8. The Balaban J connectivity index is 0.000000183. The van der Waals surface area contributed by atoms with E-state index >= 15 is 0 Å². The first-order chi connectivity index (χ1) is 31.3. The SMILES string of the molecule is C[Si]C.Cc1cc(C)cc(-c2ccc(-c3cc(C)cc(C)c3)c3[cH-]c(CC4CCCC4)cc23)c1.Cc1cc(C)cc(-c2ccc(-c3cc(C)cc(C)c3)c3[cH-]c(CC4CCCC4)cc23)c1.[Zr+2]. The Morgan fingerprint density at radius 3 is 0.894 bits per heavy atom. The molecule has 8 aromatic rings. The van der Waals surface area contributed by atoms with E-state index in [1.165, 1.54) is 186 Å². The Bertz CT molecular complexity index is 2460. The summed E-state index contributed by atoms with van der Waals surface area (Å²) in [7, 11) is 1.08. The van der Waals surface area contributed by atoms with E-state index in [0.29, 0.717) is 0 Å². The molecule has 0 aromatic heterocycles. The molecule has 2 fully saturated rings. The molecule has 0 saturated heterocycles. The number of hydrogen-bond acceptors (Lipinski definition) is 0. The summed E-state index contributed by atoms with van der Waals surface area (Å²) in [5.41, 5.74) is 24.5. The van der Waals surface area contributed by atoms with Gasteiger partial charge >= 0.3 is 26.2 Å². The van der Waals surface area contributed by atoms with Gasteiger partial charge in [0.25, 0.3) is 0 Å². The van der Waals surface area contributed by atoms with E-state index in [9.17, 15) is 0 Å². The van der Waals surface area contributed by atoms with Crippen molar-refractivity contribution in [1.82, 2.24) is 0 Å². The van der Waals surface area contributed by atoms with Crippen LogP contribution in [-0.2, 0) is 39.0 Å². The van der Waals surface area contributed by atoms with Gasteiger partial charge in [-0.15, -0.1) is 44.8 Å². The fourth-order valence-electron chi connectivity index (χ4n) is 11.6. The van der Waals surface area contributed by atoms with Crippen LogP contribution in [0.1, 0.15) is 107 Å². The zero-order valence-electron chi connectivity index (χ0n) is 41.8. The van der Waals surface area contributed by atoms with Gasteiger partial charge in [-0.3, -0.25) is 0 Å². The molecule has 0 N–H and O–H groups in total. The van der Waals surface area contributed by atoms with Gasteiger partial charge in [0, 0.05) is 9.52 Å².